The lowest BCUT2D eigenvalue weighted by molar-refractivity contribution is 0.0306. The number of nitrogens with two attached hydrogens (primary N) is 1. The van der Waals surface area contributed by atoms with Gasteiger partial charge >= 0.3 is 0 Å². The van der Waals surface area contributed by atoms with E-state index in [9.17, 15) is 0 Å². The minimum absolute atomic E-state index is 0.00504. The molecule has 0 unspecified atom stereocenters. The number of hydrogen-bond donors (Lipinski definition) is 1. The molecule has 2 saturated heterocycles. The molecule has 0 aromatic carbocycles. The third-order valence-corrected chi connectivity index (χ3v) is 6.13. The summed E-state index contributed by atoms with van der Waals surface area (Å²) in [6.07, 6.45) is 6.00. The van der Waals surface area contributed by atoms with Crippen molar-refractivity contribution >= 4 is 22.8 Å². The standard InChI is InChI=1S/C19H21N7O/c1-10-17-24-15-6-14(12-7-21-19(20)22-8-12)23-18(16(15)25(17)2-3-27-10)26-9-11-4-13(26)5-11/h6-8,10-11,13H,2-5,9H2,1H3,(H2,20,21,22)/t10-,11?,13?/m1/s1. The zero-order valence-electron chi connectivity index (χ0n) is 15.2. The van der Waals surface area contributed by atoms with E-state index in [2.05, 4.69) is 26.4 Å². The van der Waals surface area contributed by atoms with E-state index in [1.54, 1.807) is 12.4 Å². The summed E-state index contributed by atoms with van der Waals surface area (Å²) < 4.78 is 8.10. The van der Waals surface area contributed by atoms with Gasteiger partial charge in [-0.2, -0.15) is 0 Å². The molecule has 1 aliphatic carbocycles. The maximum atomic E-state index is 5.81. The van der Waals surface area contributed by atoms with E-state index in [-0.39, 0.29) is 12.1 Å². The normalized spacial score (nSPS) is 26.3. The summed E-state index contributed by atoms with van der Waals surface area (Å²) in [6.45, 7) is 4.67. The minimum atomic E-state index is -0.00504. The molecule has 4 aliphatic rings. The van der Waals surface area contributed by atoms with Crippen molar-refractivity contribution in [1.29, 1.82) is 0 Å². The van der Waals surface area contributed by atoms with E-state index >= 15 is 0 Å². The number of nitrogens with zero attached hydrogens (tertiary/aromatic N) is 6. The van der Waals surface area contributed by atoms with Gasteiger partial charge in [-0.3, -0.25) is 0 Å². The van der Waals surface area contributed by atoms with E-state index < -0.39 is 0 Å². The number of fused-ring (bicyclic) bond motifs is 4. The molecule has 8 heteroatoms. The molecule has 0 radical (unpaired) electrons. The van der Waals surface area contributed by atoms with Crippen LogP contribution in [0.5, 0.6) is 0 Å². The summed E-state index contributed by atoms with van der Waals surface area (Å²) in [6, 6.07) is 2.64. The topological polar surface area (TPSA) is 95.0 Å². The Bertz CT molecular complexity index is 1040. The molecule has 3 aliphatic heterocycles. The smallest absolute Gasteiger partial charge is 0.219 e. The molecule has 6 heterocycles. The van der Waals surface area contributed by atoms with Crippen molar-refractivity contribution in [2.75, 3.05) is 23.8 Å². The van der Waals surface area contributed by atoms with Crippen molar-refractivity contribution in [3.05, 3.63) is 24.3 Å². The predicted molar refractivity (Wildman–Crippen MR) is 101 cm³/mol. The van der Waals surface area contributed by atoms with Crippen LogP contribution in [0.25, 0.3) is 22.3 Å². The fourth-order valence-electron chi connectivity index (χ4n) is 4.70. The molecular formula is C19H21N7O. The largest absolute Gasteiger partial charge is 0.369 e. The van der Waals surface area contributed by atoms with Crippen LogP contribution in [0.3, 0.4) is 0 Å². The van der Waals surface area contributed by atoms with E-state index in [0.29, 0.717) is 12.6 Å². The van der Waals surface area contributed by atoms with Gasteiger partial charge in [0.15, 0.2) is 5.82 Å². The van der Waals surface area contributed by atoms with E-state index in [1.807, 2.05) is 6.07 Å². The number of nitrogen functional groups attached to an aromatic ring is 1. The van der Waals surface area contributed by atoms with Crippen LogP contribution in [0.2, 0.25) is 0 Å². The number of aromatic nitrogens is 5. The molecule has 1 saturated carbocycles. The number of pyridine rings is 1. The number of rotatable bonds is 2. The Labute approximate surface area is 156 Å². The lowest BCUT2D eigenvalue weighted by Crippen LogP contribution is -2.30. The second-order valence-electron chi connectivity index (χ2n) is 7.81. The van der Waals surface area contributed by atoms with Gasteiger partial charge in [0.25, 0.3) is 0 Å². The van der Waals surface area contributed by atoms with Crippen molar-refractivity contribution in [2.24, 2.45) is 5.92 Å². The van der Waals surface area contributed by atoms with Crippen LogP contribution in [-0.4, -0.2) is 43.7 Å². The summed E-state index contributed by atoms with van der Waals surface area (Å²) in [5.74, 6) is 3.10. The van der Waals surface area contributed by atoms with Gasteiger partial charge in [-0.05, 0) is 31.7 Å². The van der Waals surface area contributed by atoms with Crippen LogP contribution in [0.1, 0.15) is 31.7 Å². The highest BCUT2D eigenvalue weighted by atomic mass is 16.5. The van der Waals surface area contributed by atoms with Gasteiger partial charge in [0, 0.05) is 37.1 Å². The molecule has 3 fully saturated rings. The van der Waals surface area contributed by atoms with Crippen LogP contribution < -0.4 is 10.6 Å². The van der Waals surface area contributed by atoms with Crippen LogP contribution in [-0.2, 0) is 11.3 Å². The Morgan fingerprint density at radius 2 is 2.00 bits per heavy atom. The lowest BCUT2D eigenvalue weighted by Gasteiger charge is -2.28. The van der Waals surface area contributed by atoms with Crippen molar-refractivity contribution in [3.63, 3.8) is 0 Å². The summed E-state index contributed by atoms with van der Waals surface area (Å²) in [7, 11) is 0. The molecule has 138 valence electrons. The van der Waals surface area contributed by atoms with Gasteiger partial charge in [-0.1, -0.05) is 0 Å². The fourth-order valence-corrected chi connectivity index (χ4v) is 4.70. The molecule has 8 nitrogen and oxygen atoms in total. The zero-order chi connectivity index (χ0) is 18.1. The van der Waals surface area contributed by atoms with E-state index in [4.69, 9.17) is 20.4 Å². The molecule has 2 N–H and O–H groups in total. The van der Waals surface area contributed by atoms with Crippen LogP contribution in [0, 0.1) is 5.92 Å². The Morgan fingerprint density at radius 1 is 1.19 bits per heavy atom. The van der Waals surface area contributed by atoms with Crippen molar-refractivity contribution in [3.8, 4) is 11.3 Å². The van der Waals surface area contributed by atoms with Crippen molar-refractivity contribution in [2.45, 2.75) is 38.5 Å². The number of anilines is 2. The Kier molecular flexibility index (Phi) is 3.06. The van der Waals surface area contributed by atoms with Gasteiger partial charge in [-0.15, -0.1) is 0 Å². The first kappa shape index (κ1) is 15.3. The van der Waals surface area contributed by atoms with Crippen molar-refractivity contribution in [1.82, 2.24) is 24.5 Å². The van der Waals surface area contributed by atoms with Gasteiger partial charge in [-0.25, -0.2) is 19.9 Å². The number of imidazole rings is 1. The van der Waals surface area contributed by atoms with Crippen LogP contribution >= 0.6 is 0 Å². The number of ether oxygens (including phenoxy) is 1. The Morgan fingerprint density at radius 3 is 2.74 bits per heavy atom. The highest BCUT2D eigenvalue weighted by Crippen LogP contribution is 2.45. The molecule has 1 atom stereocenters. The molecule has 0 amide bonds. The Balaban J connectivity index is 1.59. The molecule has 2 bridgehead atoms. The first-order valence-corrected chi connectivity index (χ1v) is 9.54. The highest BCUT2D eigenvalue weighted by molar-refractivity contribution is 5.91. The van der Waals surface area contributed by atoms with Gasteiger partial charge in [0.1, 0.15) is 17.4 Å². The first-order chi connectivity index (χ1) is 13.2. The summed E-state index contributed by atoms with van der Waals surface area (Å²) in [4.78, 5) is 20.7. The maximum Gasteiger partial charge on any atom is 0.219 e. The highest BCUT2D eigenvalue weighted by Gasteiger charge is 2.44. The molecule has 0 spiro atoms. The average Bonchev–Trinajstić information content (AvgIpc) is 3.34. The molecular weight excluding hydrogens is 342 g/mol. The lowest BCUT2D eigenvalue weighted by atomic mass is 9.86. The zero-order valence-corrected chi connectivity index (χ0v) is 15.2. The molecule has 7 rings (SSSR count). The minimum Gasteiger partial charge on any atom is -0.369 e. The summed E-state index contributed by atoms with van der Waals surface area (Å²) in [5, 5.41) is 0. The molecule has 3 aromatic rings. The third kappa shape index (κ3) is 2.19. The van der Waals surface area contributed by atoms with E-state index in [0.717, 1.165) is 52.9 Å². The second-order valence-corrected chi connectivity index (χ2v) is 7.81. The van der Waals surface area contributed by atoms with E-state index in [1.165, 1.54) is 12.8 Å². The first-order valence-electron chi connectivity index (χ1n) is 9.54. The number of hydrogen-bond acceptors (Lipinski definition) is 7. The third-order valence-electron chi connectivity index (χ3n) is 6.13. The molecule has 3 aromatic heterocycles. The van der Waals surface area contributed by atoms with Gasteiger partial charge in [0.05, 0.1) is 17.8 Å². The van der Waals surface area contributed by atoms with Crippen LogP contribution in [0.15, 0.2) is 18.5 Å². The SMILES string of the molecule is C[C@H]1OCCn2c1nc1cc(-c3cnc(N)nc3)nc(N3CC4CC3C4)c12. The summed E-state index contributed by atoms with van der Waals surface area (Å²) in [5.41, 5.74) is 9.44. The second kappa shape index (κ2) is 5.39. The monoisotopic (exact) mass is 363 g/mol. The predicted octanol–water partition coefficient (Wildman–Crippen LogP) is 2.16. The van der Waals surface area contributed by atoms with Gasteiger partial charge in [0.2, 0.25) is 5.95 Å². The van der Waals surface area contributed by atoms with Crippen LogP contribution in [0.4, 0.5) is 11.8 Å². The average molecular weight is 363 g/mol. The maximum absolute atomic E-state index is 5.81. The Hall–Kier alpha value is -2.74. The quantitative estimate of drug-likeness (QED) is 0.745. The molecule has 27 heavy (non-hydrogen) atoms. The summed E-state index contributed by atoms with van der Waals surface area (Å²) >= 11 is 0. The fraction of sp³-hybridized carbons (Fsp3) is 0.474. The van der Waals surface area contributed by atoms with Gasteiger partial charge < -0.3 is 19.9 Å². The van der Waals surface area contributed by atoms with Crippen molar-refractivity contribution < 1.29 is 4.74 Å².